The molecule has 0 radical (unpaired) electrons. The molecule has 0 saturated carbocycles. The highest BCUT2D eigenvalue weighted by molar-refractivity contribution is 6.01. The first kappa shape index (κ1) is 18.7. The van der Waals surface area contributed by atoms with Crippen LogP contribution in [0.5, 0.6) is 0 Å². The molecular weight excluding hydrogens is 368 g/mol. The van der Waals surface area contributed by atoms with Gasteiger partial charge in [0, 0.05) is 24.3 Å². The van der Waals surface area contributed by atoms with Crippen LogP contribution in [0.1, 0.15) is 36.0 Å². The van der Waals surface area contributed by atoms with Gasteiger partial charge in [-0.3, -0.25) is 4.79 Å². The van der Waals surface area contributed by atoms with Gasteiger partial charge in [0.05, 0.1) is 28.8 Å². The molecule has 2 bridgehead atoms. The molecule has 0 aromatic carbocycles. The average Bonchev–Trinajstić information content (AvgIpc) is 3.28. The summed E-state index contributed by atoms with van der Waals surface area (Å²) in [6, 6.07) is 6.46. The number of nitrogens with two attached hydrogens (primary N) is 3. The molecule has 9 nitrogen and oxygen atoms in total. The second kappa shape index (κ2) is 7.39. The number of hydrogen-bond acceptors (Lipinski definition) is 7. The number of nitrogens with zero attached hydrogens (tertiary/aromatic N) is 4. The number of aromatic nitrogens is 2. The molecule has 29 heavy (non-hydrogen) atoms. The highest BCUT2D eigenvalue weighted by atomic mass is 16.1. The molecule has 2 aromatic rings. The maximum Gasteiger partial charge on any atom is 0.252 e. The van der Waals surface area contributed by atoms with Crippen LogP contribution < -0.4 is 22.5 Å². The Balaban J connectivity index is 1.56. The minimum Gasteiger partial charge on any atom is -0.390 e. The maximum atomic E-state index is 11.9. The number of allylic oxidation sites excluding steroid dienone is 3. The summed E-state index contributed by atoms with van der Waals surface area (Å²) in [6.07, 6.45) is 10.5. The van der Waals surface area contributed by atoms with Gasteiger partial charge in [-0.25, -0.2) is 4.52 Å². The summed E-state index contributed by atoms with van der Waals surface area (Å²) in [5.41, 5.74) is 19.5. The third-order valence-electron chi connectivity index (χ3n) is 5.77. The molecule has 0 aliphatic carbocycles. The summed E-state index contributed by atoms with van der Waals surface area (Å²) in [6.45, 7) is 0. The summed E-state index contributed by atoms with van der Waals surface area (Å²) < 4.78 is 1.73. The standard InChI is InChI=1S/C20H24N8O/c21-10-12(22)3-6-18(23)28-14-4-5-15(28)9-13(8-14)26-19-16(20(24)29)11-25-27-7-1-2-17(19)27/h1-3,6-7,11,13-15,26H,4-5,8-9,22-23H2,(H2,24,29)/b12-3-,18-6+/t13-,14-,15+. The Labute approximate surface area is 168 Å². The minimum atomic E-state index is -0.502. The van der Waals surface area contributed by atoms with Crippen LogP contribution in [0.25, 0.3) is 5.52 Å². The second-order valence-corrected chi connectivity index (χ2v) is 7.57. The first-order chi connectivity index (χ1) is 14.0. The summed E-state index contributed by atoms with van der Waals surface area (Å²) in [4.78, 5) is 14.2. The molecule has 0 spiro atoms. The van der Waals surface area contributed by atoms with Gasteiger partial charge in [-0.1, -0.05) is 0 Å². The quantitative estimate of drug-likeness (QED) is 0.438. The topological polar surface area (TPSA) is 151 Å². The van der Waals surface area contributed by atoms with Crippen LogP contribution in [0, 0.1) is 11.3 Å². The van der Waals surface area contributed by atoms with E-state index in [4.69, 9.17) is 22.5 Å². The van der Waals surface area contributed by atoms with E-state index in [-0.39, 0.29) is 11.7 Å². The van der Waals surface area contributed by atoms with Gasteiger partial charge in [-0.2, -0.15) is 10.4 Å². The molecule has 4 rings (SSSR count). The molecule has 3 atom stereocenters. The van der Waals surface area contributed by atoms with Crippen molar-refractivity contribution in [2.24, 2.45) is 17.2 Å². The molecule has 9 heteroatoms. The Kier molecular flexibility index (Phi) is 4.76. The van der Waals surface area contributed by atoms with Crippen molar-refractivity contribution in [1.29, 1.82) is 5.26 Å². The number of nitrogens with one attached hydrogen (secondary N) is 1. The summed E-state index contributed by atoms with van der Waals surface area (Å²) in [7, 11) is 0. The molecule has 2 aromatic heterocycles. The predicted molar refractivity (Wildman–Crippen MR) is 109 cm³/mol. The largest absolute Gasteiger partial charge is 0.390 e. The van der Waals surface area contributed by atoms with E-state index in [1.807, 2.05) is 24.4 Å². The second-order valence-electron chi connectivity index (χ2n) is 7.57. The van der Waals surface area contributed by atoms with Crippen molar-refractivity contribution in [1.82, 2.24) is 14.5 Å². The third kappa shape index (κ3) is 3.45. The highest BCUT2D eigenvalue weighted by Gasteiger charge is 2.41. The molecule has 0 unspecified atom stereocenters. The van der Waals surface area contributed by atoms with Crippen molar-refractivity contribution in [3.63, 3.8) is 0 Å². The van der Waals surface area contributed by atoms with E-state index < -0.39 is 5.91 Å². The van der Waals surface area contributed by atoms with Gasteiger partial charge in [0.1, 0.15) is 11.8 Å². The summed E-state index contributed by atoms with van der Waals surface area (Å²) in [5.74, 6) is 0.128. The van der Waals surface area contributed by atoms with Gasteiger partial charge in [-0.15, -0.1) is 0 Å². The van der Waals surface area contributed by atoms with E-state index in [0.717, 1.165) is 36.9 Å². The maximum absolute atomic E-state index is 11.9. The number of hydrogen-bond donors (Lipinski definition) is 4. The number of fused-ring (bicyclic) bond motifs is 3. The average molecular weight is 392 g/mol. The van der Waals surface area contributed by atoms with E-state index in [0.29, 0.717) is 23.5 Å². The van der Waals surface area contributed by atoms with E-state index in [9.17, 15) is 4.79 Å². The molecule has 2 saturated heterocycles. The molecule has 150 valence electrons. The zero-order valence-electron chi connectivity index (χ0n) is 16.0. The lowest BCUT2D eigenvalue weighted by molar-refractivity contribution is 0.100. The van der Waals surface area contributed by atoms with Crippen LogP contribution in [-0.2, 0) is 0 Å². The normalized spacial score (nSPS) is 24.5. The highest BCUT2D eigenvalue weighted by Crippen LogP contribution is 2.39. The van der Waals surface area contributed by atoms with Crippen molar-refractivity contribution >= 4 is 17.1 Å². The molecule has 2 fully saturated rings. The van der Waals surface area contributed by atoms with Crippen molar-refractivity contribution in [2.75, 3.05) is 5.32 Å². The lowest BCUT2D eigenvalue weighted by atomic mass is 9.96. The Bertz CT molecular complexity index is 1030. The number of carbonyl (C=O) groups excluding carboxylic acids is 1. The number of primary amides is 1. The fraction of sp³-hybridized carbons (Fsp3) is 0.350. The number of carbonyl (C=O) groups is 1. The fourth-order valence-electron chi connectivity index (χ4n) is 4.55. The Morgan fingerprint density at radius 1 is 1.24 bits per heavy atom. The zero-order valence-corrected chi connectivity index (χ0v) is 16.0. The lowest BCUT2D eigenvalue weighted by Gasteiger charge is -2.41. The van der Waals surface area contributed by atoms with Crippen LogP contribution in [0.15, 0.2) is 48.2 Å². The third-order valence-corrected chi connectivity index (χ3v) is 5.77. The molecule has 4 heterocycles. The van der Waals surface area contributed by atoms with Gasteiger partial charge in [0.15, 0.2) is 0 Å². The Hall–Kier alpha value is -3.67. The van der Waals surface area contributed by atoms with E-state index in [2.05, 4.69) is 15.3 Å². The number of rotatable bonds is 5. The zero-order chi connectivity index (χ0) is 20.5. The number of nitriles is 1. The smallest absolute Gasteiger partial charge is 0.252 e. The minimum absolute atomic E-state index is 0.129. The Morgan fingerprint density at radius 2 is 1.97 bits per heavy atom. The first-order valence-electron chi connectivity index (χ1n) is 9.62. The number of anilines is 1. The number of piperidine rings is 1. The van der Waals surface area contributed by atoms with Crippen LogP contribution in [-0.4, -0.2) is 38.5 Å². The van der Waals surface area contributed by atoms with Crippen molar-refractivity contribution < 1.29 is 4.79 Å². The fourth-order valence-corrected chi connectivity index (χ4v) is 4.55. The van der Waals surface area contributed by atoms with Crippen molar-refractivity contribution in [3.05, 3.63) is 53.8 Å². The predicted octanol–water partition coefficient (Wildman–Crippen LogP) is 1.01. The van der Waals surface area contributed by atoms with Gasteiger partial charge in [-0.05, 0) is 50.0 Å². The van der Waals surface area contributed by atoms with Gasteiger partial charge in [0.2, 0.25) is 0 Å². The summed E-state index contributed by atoms with van der Waals surface area (Å²) >= 11 is 0. The van der Waals surface area contributed by atoms with Gasteiger partial charge >= 0.3 is 0 Å². The van der Waals surface area contributed by atoms with Crippen molar-refractivity contribution in [2.45, 2.75) is 43.8 Å². The van der Waals surface area contributed by atoms with Crippen molar-refractivity contribution in [3.8, 4) is 6.07 Å². The molecule has 2 aliphatic heterocycles. The van der Waals surface area contributed by atoms with Gasteiger partial charge < -0.3 is 27.4 Å². The van der Waals surface area contributed by atoms with Crippen LogP contribution in [0.2, 0.25) is 0 Å². The van der Waals surface area contributed by atoms with E-state index >= 15 is 0 Å². The van der Waals surface area contributed by atoms with Crippen LogP contribution in [0.3, 0.4) is 0 Å². The molecular formula is C20H24N8O. The Morgan fingerprint density at radius 3 is 2.62 bits per heavy atom. The van der Waals surface area contributed by atoms with E-state index in [1.54, 1.807) is 16.7 Å². The molecule has 1 amide bonds. The summed E-state index contributed by atoms with van der Waals surface area (Å²) in [5, 5.41) is 16.6. The monoisotopic (exact) mass is 392 g/mol. The first-order valence-corrected chi connectivity index (χ1v) is 9.62. The lowest BCUT2D eigenvalue weighted by Crippen LogP contribution is -2.48. The van der Waals surface area contributed by atoms with E-state index in [1.165, 1.54) is 6.20 Å². The van der Waals surface area contributed by atoms with Gasteiger partial charge in [0.25, 0.3) is 5.91 Å². The molecule has 2 aliphatic rings. The SMILES string of the molecule is N#C/C(N)=C/C=C(\N)N1[C@@H]2CC[C@H]1C[C@H](Nc1c(C(N)=O)cnn3cccc13)C2. The van der Waals surface area contributed by atoms with Crippen LogP contribution in [0.4, 0.5) is 5.69 Å². The molecule has 7 N–H and O–H groups in total. The number of amides is 1. The van der Waals surface area contributed by atoms with Crippen LogP contribution >= 0.6 is 0 Å².